The van der Waals surface area contributed by atoms with Gasteiger partial charge in [-0.25, -0.2) is 4.39 Å². The third-order valence-electron chi connectivity index (χ3n) is 4.38. The van der Waals surface area contributed by atoms with Gasteiger partial charge in [-0.2, -0.15) is 0 Å². The molecular weight excluding hydrogens is 299 g/mol. The first-order valence-electron chi connectivity index (χ1n) is 9.68. The molecule has 0 N–H and O–H groups in total. The van der Waals surface area contributed by atoms with E-state index in [4.69, 9.17) is 0 Å². The zero-order valence-electron chi connectivity index (χ0n) is 17.8. The van der Waals surface area contributed by atoms with Crippen LogP contribution in [0.5, 0.6) is 0 Å². The van der Waals surface area contributed by atoms with Crippen LogP contribution in [0.3, 0.4) is 0 Å². The molecule has 0 heterocycles. The number of alkyl halides is 1. The van der Waals surface area contributed by atoms with E-state index in [2.05, 4.69) is 57.8 Å². The van der Waals surface area contributed by atoms with Crippen LogP contribution in [0.25, 0.3) is 0 Å². The van der Waals surface area contributed by atoms with Gasteiger partial charge in [-0.3, -0.25) is 4.90 Å². The SMILES string of the molecule is CC.CC/C=C(\C=C(\C)CF)CN(C)C(CC)CC(CC)N(C)C. The van der Waals surface area contributed by atoms with Gasteiger partial charge in [-0.15, -0.1) is 0 Å². The van der Waals surface area contributed by atoms with Crippen molar-refractivity contribution >= 4 is 0 Å². The summed E-state index contributed by atoms with van der Waals surface area (Å²) >= 11 is 0. The van der Waals surface area contributed by atoms with Gasteiger partial charge in [0, 0.05) is 18.6 Å². The molecule has 0 saturated heterocycles. The molecule has 2 nitrogen and oxygen atoms in total. The molecule has 0 rings (SSSR count). The van der Waals surface area contributed by atoms with E-state index in [0.717, 1.165) is 25.0 Å². The Kier molecular flexibility index (Phi) is 16.9. The monoisotopic (exact) mass is 342 g/mol. The average molecular weight is 343 g/mol. The molecule has 0 fully saturated rings. The minimum absolute atomic E-state index is 0.361. The number of hydrogen-bond donors (Lipinski definition) is 0. The predicted molar refractivity (Wildman–Crippen MR) is 109 cm³/mol. The maximum absolute atomic E-state index is 12.7. The van der Waals surface area contributed by atoms with Gasteiger partial charge in [0.15, 0.2) is 0 Å². The smallest absolute Gasteiger partial charge is 0.111 e. The van der Waals surface area contributed by atoms with Crippen LogP contribution in [0.2, 0.25) is 0 Å². The highest BCUT2D eigenvalue weighted by Gasteiger charge is 2.19. The van der Waals surface area contributed by atoms with Crippen LogP contribution in [-0.2, 0) is 0 Å². The molecule has 0 aromatic heterocycles. The Morgan fingerprint density at radius 2 is 1.54 bits per heavy atom. The van der Waals surface area contributed by atoms with Crippen LogP contribution in [0.4, 0.5) is 4.39 Å². The lowest BCUT2D eigenvalue weighted by atomic mass is 10.00. The Hall–Kier alpha value is -0.670. The van der Waals surface area contributed by atoms with Gasteiger partial charge in [0.05, 0.1) is 0 Å². The Morgan fingerprint density at radius 1 is 1.00 bits per heavy atom. The summed E-state index contributed by atoms with van der Waals surface area (Å²) in [6.45, 7) is 13.0. The summed E-state index contributed by atoms with van der Waals surface area (Å²) in [5.41, 5.74) is 2.04. The highest BCUT2D eigenvalue weighted by molar-refractivity contribution is 5.24. The van der Waals surface area contributed by atoms with E-state index < -0.39 is 0 Å². The normalized spacial score (nSPS) is 15.3. The zero-order chi connectivity index (χ0) is 19.1. The maximum Gasteiger partial charge on any atom is 0.111 e. The molecular formula is C21H43FN2. The molecule has 24 heavy (non-hydrogen) atoms. The number of halogens is 1. The quantitative estimate of drug-likeness (QED) is 0.444. The first kappa shape index (κ1) is 25.6. The van der Waals surface area contributed by atoms with Crippen LogP contribution in [-0.4, -0.2) is 56.2 Å². The molecule has 0 aromatic carbocycles. The third-order valence-corrected chi connectivity index (χ3v) is 4.38. The van der Waals surface area contributed by atoms with Crippen molar-refractivity contribution in [1.82, 2.24) is 9.80 Å². The lowest BCUT2D eigenvalue weighted by Gasteiger charge is -2.33. The molecule has 0 saturated carbocycles. The summed E-state index contributed by atoms with van der Waals surface area (Å²) in [5.74, 6) is 0. The summed E-state index contributed by atoms with van der Waals surface area (Å²) in [4.78, 5) is 4.75. The largest absolute Gasteiger partial charge is 0.306 e. The topological polar surface area (TPSA) is 6.48 Å². The standard InChI is InChI=1S/C19H37FN2.C2H6/c1-8-11-17(12-16(4)14-20)15-22(7)19(10-3)13-18(9-2)21(5)6;1-2/h11-12,18-19H,8-10,13-15H2,1-7H3;1-2H3/b16-12-,17-11+;. The summed E-state index contributed by atoms with van der Waals surface area (Å²) in [7, 11) is 6.52. The molecule has 0 spiro atoms. The molecule has 0 bridgehead atoms. The second-order valence-corrected chi connectivity index (χ2v) is 6.55. The molecule has 0 aliphatic heterocycles. The van der Waals surface area contributed by atoms with Crippen molar-refractivity contribution in [2.45, 2.75) is 79.3 Å². The summed E-state index contributed by atoms with van der Waals surface area (Å²) < 4.78 is 12.7. The fourth-order valence-electron chi connectivity index (χ4n) is 2.92. The van der Waals surface area contributed by atoms with Crippen LogP contribution < -0.4 is 0 Å². The third kappa shape index (κ3) is 11.0. The van der Waals surface area contributed by atoms with Gasteiger partial charge < -0.3 is 4.90 Å². The minimum Gasteiger partial charge on any atom is -0.306 e. The lowest BCUT2D eigenvalue weighted by Crippen LogP contribution is -2.39. The van der Waals surface area contributed by atoms with Crippen molar-refractivity contribution in [2.24, 2.45) is 0 Å². The van der Waals surface area contributed by atoms with Crippen molar-refractivity contribution in [3.05, 3.63) is 23.3 Å². The summed E-state index contributed by atoms with van der Waals surface area (Å²) in [5, 5.41) is 0. The van der Waals surface area contributed by atoms with Crippen molar-refractivity contribution in [2.75, 3.05) is 34.4 Å². The Morgan fingerprint density at radius 3 is 1.92 bits per heavy atom. The van der Waals surface area contributed by atoms with E-state index in [1.807, 2.05) is 26.8 Å². The molecule has 2 atom stereocenters. The van der Waals surface area contributed by atoms with E-state index in [1.165, 1.54) is 18.4 Å². The molecule has 0 amide bonds. The van der Waals surface area contributed by atoms with Crippen molar-refractivity contribution in [3.8, 4) is 0 Å². The van der Waals surface area contributed by atoms with E-state index >= 15 is 0 Å². The number of hydrogen-bond acceptors (Lipinski definition) is 2. The second kappa shape index (κ2) is 15.8. The van der Waals surface area contributed by atoms with Crippen molar-refractivity contribution in [1.29, 1.82) is 0 Å². The Bertz CT molecular complexity index is 348. The fraction of sp³-hybridized carbons (Fsp3) is 0.810. The van der Waals surface area contributed by atoms with Crippen LogP contribution in [0, 0.1) is 0 Å². The Balaban J connectivity index is 0. The van der Waals surface area contributed by atoms with E-state index in [9.17, 15) is 4.39 Å². The van der Waals surface area contributed by atoms with E-state index in [1.54, 1.807) is 0 Å². The fourth-order valence-corrected chi connectivity index (χ4v) is 2.92. The highest BCUT2D eigenvalue weighted by Crippen LogP contribution is 2.17. The predicted octanol–water partition coefficient (Wildman–Crippen LogP) is 5.71. The summed E-state index contributed by atoms with van der Waals surface area (Å²) in [6.07, 6.45) is 8.72. The van der Waals surface area contributed by atoms with Crippen LogP contribution >= 0.6 is 0 Å². The van der Waals surface area contributed by atoms with Crippen molar-refractivity contribution in [3.63, 3.8) is 0 Å². The van der Waals surface area contributed by atoms with Gasteiger partial charge in [0.1, 0.15) is 6.67 Å². The highest BCUT2D eigenvalue weighted by atomic mass is 19.1. The van der Waals surface area contributed by atoms with Crippen LogP contribution in [0.15, 0.2) is 23.3 Å². The molecule has 0 aromatic rings. The zero-order valence-corrected chi connectivity index (χ0v) is 17.8. The number of likely N-dealkylation sites (N-methyl/N-ethyl adjacent to an activating group) is 1. The molecule has 0 aliphatic carbocycles. The number of allylic oxidation sites excluding steroid dienone is 2. The molecule has 144 valence electrons. The average Bonchev–Trinajstić information content (AvgIpc) is 2.57. The van der Waals surface area contributed by atoms with Crippen molar-refractivity contribution < 1.29 is 4.39 Å². The summed E-state index contributed by atoms with van der Waals surface area (Å²) in [6, 6.07) is 1.18. The second-order valence-electron chi connectivity index (χ2n) is 6.55. The first-order chi connectivity index (χ1) is 11.4. The van der Waals surface area contributed by atoms with Gasteiger partial charge in [0.2, 0.25) is 0 Å². The number of nitrogens with zero attached hydrogens (tertiary/aromatic N) is 2. The van der Waals surface area contributed by atoms with Crippen LogP contribution in [0.1, 0.15) is 67.2 Å². The number of rotatable bonds is 11. The molecule has 2 unspecified atom stereocenters. The van der Waals surface area contributed by atoms with Gasteiger partial charge in [-0.1, -0.05) is 46.8 Å². The molecule has 3 heteroatoms. The maximum atomic E-state index is 12.7. The first-order valence-corrected chi connectivity index (χ1v) is 9.68. The lowest BCUT2D eigenvalue weighted by molar-refractivity contribution is 0.176. The van der Waals surface area contributed by atoms with Gasteiger partial charge in [0.25, 0.3) is 0 Å². The van der Waals surface area contributed by atoms with E-state index in [0.29, 0.717) is 12.1 Å². The van der Waals surface area contributed by atoms with E-state index in [-0.39, 0.29) is 6.67 Å². The Labute approximate surface area is 151 Å². The van der Waals surface area contributed by atoms with Gasteiger partial charge in [-0.05, 0) is 64.9 Å². The molecule has 0 radical (unpaired) electrons. The van der Waals surface area contributed by atoms with Gasteiger partial charge >= 0.3 is 0 Å². The molecule has 0 aliphatic rings. The minimum atomic E-state index is -0.361.